The number of carbonyl (C=O) groups is 8. The maximum Gasteiger partial charge on any atom is 0.248 e. The lowest BCUT2D eigenvalue weighted by Crippen LogP contribution is -2.64. The second-order valence-electron chi connectivity index (χ2n) is 29.4. The van der Waals surface area contributed by atoms with Crippen LogP contribution in [0, 0.1) is 5.92 Å². The fraction of sp³-hybridized carbons (Fsp3) is 0.486. The van der Waals surface area contributed by atoms with Gasteiger partial charge in [0.2, 0.25) is 59.3 Å². The van der Waals surface area contributed by atoms with Crippen molar-refractivity contribution in [2.75, 3.05) is 20.7 Å². The number of fused-ring (bicyclic) bond motifs is 15. The number of benzene rings is 5. The van der Waals surface area contributed by atoms with Crippen molar-refractivity contribution in [3.05, 3.63) is 118 Å². The zero-order valence-electron chi connectivity index (χ0n) is 61.4. The highest BCUT2D eigenvalue weighted by atomic mass is 35.5. The van der Waals surface area contributed by atoms with Gasteiger partial charge >= 0.3 is 0 Å². The van der Waals surface area contributed by atoms with E-state index in [-0.39, 0.29) is 69.5 Å². The zero-order chi connectivity index (χ0) is 80.7. The Kier molecular flexibility index (Phi) is 24.8. The lowest BCUT2D eigenvalue weighted by molar-refractivity contribution is -0.333. The quantitative estimate of drug-likeness (QED) is 0.0619. The van der Waals surface area contributed by atoms with Crippen LogP contribution in [0.5, 0.6) is 46.0 Å². The van der Waals surface area contributed by atoms with Crippen molar-refractivity contribution in [3.8, 4) is 57.1 Å². The van der Waals surface area contributed by atoms with E-state index in [1.165, 1.54) is 78.2 Å². The van der Waals surface area contributed by atoms with Crippen molar-refractivity contribution in [1.29, 1.82) is 0 Å². The first-order valence-electron chi connectivity index (χ1n) is 35.7. The molecule has 36 nitrogen and oxygen atoms in total. The predicted molar refractivity (Wildman–Crippen MR) is 387 cm³/mol. The van der Waals surface area contributed by atoms with Crippen LogP contribution in [0.25, 0.3) is 11.1 Å². The average Bonchev–Trinajstić information content (AvgIpc) is 0.755. The lowest BCUT2D eigenvalue weighted by Gasteiger charge is -2.47. The highest BCUT2D eigenvalue weighted by Crippen LogP contribution is 2.50. The molecule has 13 rings (SSSR count). The Bertz CT molecular complexity index is 4370. The second-order valence-corrected chi connectivity index (χ2v) is 29.8. The van der Waals surface area contributed by atoms with Crippen molar-refractivity contribution in [3.63, 3.8) is 0 Å². The number of likely N-dealkylation sites (N-methyl/N-ethyl adjacent to an activating group) is 2. The van der Waals surface area contributed by atoms with E-state index >= 15 is 19.2 Å². The maximum atomic E-state index is 16.4. The Morgan fingerprint density at radius 2 is 1.27 bits per heavy atom. The molecule has 5 aromatic carbocycles. The third-order valence-electron chi connectivity index (χ3n) is 20.3. The maximum absolute atomic E-state index is 16.4. The van der Waals surface area contributed by atoms with Crippen LogP contribution in [-0.4, -0.2) is 217 Å². The summed E-state index contributed by atoms with van der Waals surface area (Å²) in [5, 5.41) is 124. The summed E-state index contributed by atoms with van der Waals surface area (Å²) in [7, 11) is 2.69. The Balaban J connectivity index is 1.18. The topological polar surface area (TPSA) is 567 Å². The largest absolute Gasteiger partial charge is 0.508 e. The first-order chi connectivity index (χ1) is 52.4. The average molecular weight is 1570 g/mol. The van der Waals surface area contributed by atoms with Gasteiger partial charge in [0, 0.05) is 48.2 Å². The molecule has 3 fully saturated rings. The smallest absolute Gasteiger partial charge is 0.248 e. The van der Waals surface area contributed by atoms with Crippen LogP contribution in [0.1, 0.15) is 125 Å². The van der Waals surface area contributed by atoms with E-state index < -0.39 is 239 Å². The molecule has 0 saturated carbocycles. The number of rotatable bonds is 15. The van der Waals surface area contributed by atoms with Gasteiger partial charge in [-0.05, 0) is 129 Å². The van der Waals surface area contributed by atoms with Crippen molar-refractivity contribution >= 4 is 58.9 Å². The van der Waals surface area contributed by atoms with E-state index in [0.29, 0.717) is 0 Å². The lowest BCUT2D eigenvalue weighted by atomic mass is 9.86. The predicted octanol–water partition coefficient (Wildman–Crippen LogP) is -0.648. The number of aliphatic hydroxyl groups excluding tert-OH is 6. The van der Waals surface area contributed by atoms with Crippen LogP contribution in [-0.2, 0) is 62.0 Å². The molecular formula is C74H92ClN11O25. The fourth-order valence-electron chi connectivity index (χ4n) is 14.4. The van der Waals surface area contributed by atoms with Gasteiger partial charge in [-0.25, -0.2) is 0 Å². The summed E-state index contributed by atoms with van der Waals surface area (Å²) in [4.78, 5) is 121. The number of nitrogens with two attached hydrogens (primary N) is 3. The molecule has 3 saturated heterocycles. The number of phenols is 3. The SMILES string of the molecule is CNC(=O)C1NC(=O)C2NC(=O)C(NC(=O)C3NC(=O)C(CC(N)=O)NC(=O)C(NC(=O)C(CC(C)C)NC)C(O)c4ccc(c(Cl)c4)Oc4cc3cc(c4O[C@H]3O[C@@H](CO)[C@H](O)[C@@H](O)[C@@H]3O[C@@H]3C[C@@](C)(N)[C@H](O)[C@@H](C)O3)Oc3ccc(cc3)C2O[C@@H]2C[C@@](C)(N)[C@H](O)[C@@H](C)O2)c2ccc(O)c(c2)-c2c(O)cc(O)cc21. The minimum atomic E-state index is -2.32. The van der Waals surface area contributed by atoms with Gasteiger partial charge in [-0.2, -0.15) is 0 Å². The van der Waals surface area contributed by atoms with Crippen molar-refractivity contribution in [1.82, 2.24) is 42.5 Å². The van der Waals surface area contributed by atoms with Crippen LogP contribution in [0.3, 0.4) is 0 Å². The summed E-state index contributed by atoms with van der Waals surface area (Å²) in [5.74, 6) is -14.1. The molecule has 8 heterocycles. The van der Waals surface area contributed by atoms with Crippen molar-refractivity contribution in [2.45, 2.75) is 201 Å². The summed E-state index contributed by atoms with van der Waals surface area (Å²) in [6.45, 7) is 8.74. The molecule has 8 aliphatic rings. The highest BCUT2D eigenvalue weighted by Gasteiger charge is 2.52. The molecule has 8 amide bonds. The minimum Gasteiger partial charge on any atom is -0.508 e. The molecule has 22 atom stereocenters. The molecule has 11 bridgehead atoms. The molecule has 8 aliphatic heterocycles. The number of hydrogen-bond acceptors (Lipinski definition) is 28. The third kappa shape index (κ3) is 17.7. The van der Waals surface area contributed by atoms with Gasteiger partial charge in [-0.3, -0.25) is 38.4 Å². The molecule has 23 N–H and O–H groups in total. The first-order valence-corrected chi connectivity index (χ1v) is 36.1. The number of phenolic OH excluding ortho intramolecular Hbond substituents is 3. The number of primary amides is 1. The number of ether oxygens (including phenoxy) is 8. The number of hydrogen-bond donors (Lipinski definition) is 20. The number of aliphatic hydroxyl groups is 6. The molecule has 37 heteroatoms. The zero-order valence-corrected chi connectivity index (χ0v) is 62.2. The number of halogens is 1. The molecule has 5 aromatic rings. The fourth-order valence-corrected chi connectivity index (χ4v) is 14.6. The van der Waals surface area contributed by atoms with Gasteiger partial charge in [0.15, 0.2) is 30.2 Å². The Morgan fingerprint density at radius 3 is 1.87 bits per heavy atom. The van der Waals surface area contributed by atoms with Gasteiger partial charge in [0.05, 0.1) is 48.5 Å². The second kappa shape index (κ2) is 33.4. The first kappa shape index (κ1) is 82.4. The van der Waals surface area contributed by atoms with Crippen LogP contribution >= 0.6 is 11.6 Å². The molecule has 111 heavy (non-hydrogen) atoms. The van der Waals surface area contributed by atoms with Crippen LogP contribution in [0.15, 0.2) is 84.9 Å². The number of amides is 8. The van der Waals surface area contributed by atoms with Crippen LogP contribution in [0.4, 0.5) is 0 Å². The van der Waals surface area contributed by atoms with Gasteiger partial charge in [0.25, 0.3) is 0 Å². The third-order valence-corrected chi connectivity index (χ3v) is 20.6. The summed E-state index contributed by atoms with van der Waals surface area (Å²) >= 11 is 7.15. The molecule has 0 aromatic heterocycles. The summed E-state index contributed by atoms with van der Waals surface area (Å²) in [5.41, 5.74) is 14.2. The van der Waals surface area contributed by atoms with Crippen LogP contribution in [0.2, 0.25) is 5.02 Å². The molecule has 0 radical (unpaired) electrons. The van der Waals surface area contributed by atoms with Gasteiger partial charge < -0.3 is 144 Å². The molecule has 9 unspecified atom stereocenters. The van der Waals surface area contributed by atoms with Gasteiger partial charge in [-0.15, -0.1) is 0 Å². The molecule has 0 spiro atoms. The Hall–Kier alpha value is -9.61. The molecule has 0 aliphatic carbocycles. The number of aromatic hydroxyl groups is 3. The van der Waals surface area contributed by atoms with E-state index in [1.807, 2.05) is 13.8 Å². The minimum absolute atomic E-state index is 0.00861. The summed E-state index contributed by atoms with van der Waals surface area (Å²) in [6.07, 6.45) is -22.1. The summed E-state index contributed by atoms with van der Waals surface area (Å²) in [6, 6.07) is 2.63. The monoisotopic (exact) mass is 1570 g/mol. The normalized spacial score (nSPS) is 32.0. The standard InChI is InChI=1S/C74H92ClN11O25/c1-28(2)17-40(79-7)65(97)85-55-57(92)33-12-16-44(39(75)19-33)107-46-21-34-20-45(61(46)111-72-62(59(94)58(93)47(27-87)108-72)110-50-26-74(6,78)64(96)30(4)105-50)106-36-13-9-31(10-14-36)60(109-49-25-73(5,77)63(95)29(3)104-49)56-71(103)84-54(67(99)80-8)38-22-35(88)23-43(90)51(38)37-18-32(11-15-42(37)89)52(68(100)86-56)83-69(101)53(34)82-66(98)41(24-48(76)91)81-70(55)102/h9-16,18-23,28-30,40-41,47,49-50,52-60,62-64,72,79,87-90,92-96H,17,24-27,77-78H2,1-8H3,(H2,76,91)(H,80,99)(H,81,102)(H,82,98)(H,83,101)(H,84,103)(H,85,97)(H,86,100)/t29-,30-,40?,41?,47+,49-,50-,52?,53?,54?,55?,56?,57?,58+,59-,60?,62+,63-,64-,72-,73-,74-/m1/s1. The van der Waals surface area contributed by atoms with Gasteiger partial charge in [-0.1, -0.05) is 49.7 Å². The van der Waals surface area contributed by atoms with E-state index in [1.54, 1.807) is 0 Å². The Morgan fingerprint density at radius 1 is 0.667 bits per heavy atom. The van der Waals surface area contributed by atoms with E-state index in [2.05, 4.69) is 42.5 Å². The molecule has 600 valence electrons. The van der Waals surface area contributed by atoms with E-state index in [9.17, 15) is 65.1 Å². The van der Waals surface area contributed by atoms with Crippen molar-refractivity contribution < 1.29 is 122 Å². The van der Waals surface area contributed by atoms with Crippen LogP contribution < -0.4 is 73.9 Å². The molecular weight excluding hydrogens is 1480 g/mol. The highest BCUT2D eigenvalue weighted by molar-refractivity contribution is 6.32. The van der Waals surface area contributed by atoms with E-state index in [0.717, 1.165) is 48.5 Å². The number of nitrogens with one attached hydrogen (secondary N) is 8. The van der Waals surface area contributed by atoms with Crippen molar-refractivity contribution in [2.24, 2.45) is 23.1 Å². The van der Waals surface area contributed by atoms with E-state index in [4.69, 9.17) is 66.7 Å². The summed E-state index contributed by atoms with van der Waals surface area (Å²) < 4.78 is 51.9. The number of carbonyl (C=O) groups excluding carboxylic acids is 8. The Labute approximate surface area is 640 Å². The van der Waals surface area contributed by atoms with Gasteiger partial charge in [0.1, 0.15) is 95.5 Å².